The fraction of sp³-hybridized carbons (Fsp3) is 0.273. The zero-order valence-corrected chi connectivity index (χ0v) is 10.7. The van der Waals surface area contributed by atoms with Crippen molar-refractivity contribution in [2.24, 2.45) is 5.73 Å². The number of rotatable bonds is 5. The molecular formula is C11H14Cl2N2O2. The van der Waals surface area contributed by atoms with Gasteiger partial charge >= 0.3 is 0 Å². The summed E-state index contributed by atoms with van der Waals surface area (Å²) in [6.07, 6.45) is 3.25. The molecule has 0 aliphatic rings. The molecule has 2 N–H and O–H groups in total. The van der Waals surface area contributed by atoms with E-state index in [0.29, 0.717) is 6.42 Å². The lowest BCUT2D eigenvalue weighted by atomic mass is 10.0. The molecule has 1 aromatic rings. The Labute approximate surface area is 111 Å². The molecule has 4 nitrogen and oxygen atoms in total. The maximum absolute atomic E-state index is 10.7. The lowest BCUT2D eigenvalue weighted by molar-refractivity contribution is -0.384. The number of benzene rings is 1. The molecule has 0 aliphatic carbocycles. The first-order valence-electron chi connectivity index (χ1n) is 4.86. The average Bonchev–Trinajstić information content (AvgIpc) is 2.26. The number of allylic oxidation sites excluding steroid dienone is 1. The number of hydrogen-bond donors (Lipinski definition) is 1. The Morgan fingerprint density at radius 1 is 1.59 bits per heavy atom. The monoisotopic (exact) mass is 276 g/mol. The van der Waals surface area contributed by atoms with Crippen LogP contribution in [0.5, 0.6) is 0 Å². The van der Waals surface area contributed by atoms with Gasteiger partial charge in [0.25, 0.3) is 5.69 Å². The minimum atomic E-state index is -0.508. The van der Waals surface area contributed by atoms with E-state index in [4.69, 9.17) is 17.3 Å². The summed E-state index contributed by atoms with van der Waals surface area (Å²) in [6.45, 7) is 3.60. The highest BCUT2D eigenvalue weighted by Gasteiger charge is 2.15. The number of nitrogens with zero attached hydrogens (tertiary/aromatic N) is 1. The molecule has 0 aromatic heterocycles. The molecular weight excluding hydrogens is 263 g/mol. The Morgan fingerprint density at radius 3 is 2.76 bits per heavy atom. The van der Waals surface area contributed by atoms with Crippen LogP contribution in [0.25, 0.3) is 0 Å². The molecule has 0 amide bonds. The van der Waals surface area contributed by atoms with Crippen LogP contribution in [0, 0.1) is 10.1 Å². The van der Waals surface area contributed by atoms with E-state index in [1.807, 2.05) is 0 Å². The van der Waals surface area contributed by atoms with Crippen molar-refractivity contribution in [2.45, 2.75) is 18.9 Å². The summed E-state index contributed by atoms with van der Waals surface area (Å²) in [5.41, 5.74) is 6.50. The second kappa shape index (κ2) is 7.27. The van der Waals surface area contributed by atoms with Gasteiger partial charge in [0.2, 0.25) is 0 Å². The van der Waals surface area contributed by atoms with Crippen LogP contribution in [0.3, 0.4) is 0 Å². The SMILES string of the molecule is C=CCC[C@@H](N)c1ccc(Cl)c([N+](=O)[O-])c1.Cl. The molecule has 94 valence electrons. The quantitative estimate of drug-likeness (QED) is 0.507. The van der Waals surface area contributed by atoms with E-state index in [-0.39, 0.29) is 29.2 Å². The summed E-state index contributed by atoms with van der Waals surface area (Å²) in [7, 11) is 0. The molecule has 0 fully saturated rings. The van der Waals surface area contributed by atoms with Gasteiger partial charge in [0.1, 0.15) is 5.02 Å². The molecule has 0 spiro atoms. The molecule has 17 heavy (non-hydrogen) atoms. The van der Waals surface area contributed by atoms with Crippen LogP contribution < -0.4 is 5.73 Å². The largest absolute Gasteiger partial charge is 0.324 e. The maximum Gasteiger partial charge on any atom is 0.288 e. The van der Waals surface area contributed by atoms with Gasteiger partial charge in [0.15, 0.2) is 0 Å². The fourth-order valence-corrected chi connectivity index (χ4v) is 1.55. The first-order chi connectivity index (χ1) is 7.56. The second-order valence-corrected chi connectivity index (χ2v) is 3.85. The standard InChI is InChI=1S/C11H13ClN2O2.ClH/c1-2-3-4-10(13)8-5-6-9(12)11(7-8)14(15)16;/h2,5-7,10H,1,3-4,13H2;1H/t10-;/m1./s1. The van der Waals surface area contributed by atoms with E-state index in [0.717, 1.165) is 12.0 Å². The Hall–Kier alpha value is -1.10. The molecule has 0 saturated carbocycles. The molecule has 0 saturated heterocycles. The van der Waals surface area contributed by atoms with E-state index < -0.39 is 4.92 Å². The van der Waals surface area contributed by atoms with E-state index in [1.165, 1.54) is 12.1 Å². The molecule has 6 heteroatoms. The third-order valence-electron chi connectivity index (χ3n) is 2.28. The van der Waals surface area contributed by atoms with Gasteiger partial charge in [-0.25, -0.2) is 0 Å². The number of hydrogen-bond acceptors (Lipinski definition) is 3. The molecule has 0 aliphatic heterocycles. The molecule has 1 rings (SSSR count). The number of nitro benzene ring substituents is 1. The Kier molecular flexibility index (Phi) is 6.80. The minimum absolute atomic E-state index is 0. The number of nitro groups is 1. The molecule has 0 radical (unpaired) electrons. The third kappa shape index (κ3) is 4.34. The van der Waals surface area contributed by atoms with Crippen molar-refractivity contribution < 1.29 is 4.92 Å². The van der Waals surface area contributed by atoms with Crippen LogP contribution in [0.15, 0.2) is 30.9 Å². The van der Waals surface area contributed by atoms with Gasteiger partial charge in [-0.15, -0.1) is 19.0 Å². The highest BCUT2D eigenvalue weighted by molar-refractivity contribution is 6.32. The maximum atomic E-state index is 10.7. The predicted octanol–water partition coefficient (Wildman–Crippen LogP) is 3.64. The van der Waals surface area contributed by atoms with Gasteiger partial charge in [-0.2, -0.15) is 0 Å². The van der Waals surface area contributed by atoms with Crippen LogP contribution in [0.4, 0.5) is 5.69 Å². The van der Waals surface area contributed by atoms with Crippen LogP contribution in [-0.2, 0) is 0 Å². The predicted molar refractivity (Wildman–Crippen MR) is 71.7 cm³/mol. The van der Waals surface area contributed by atoms with Gasteiger partial charge in [-0.1, -0.05) is 23.7 Å². The molecule has 1 aromatic carbocycles. The Bertz CT molecular complexity index is 410. The lowest BCUT2D eigenvalue weighted by Gasteiger charge is -2.10. The third-order valence-corrected chi connectivity index (χ3v) is 2.60. The first-order valence-corrected chi connectivity index (χ1v) is 5.24. The summed E-state index contributed by atoms with van der Waals surface area (Å²) < 4.78 is 0. The minimum Gasteiger partial charge on any atom is -0.324 e. The van der Waals surface area contributed by atoms with Crippen LogP contribution in [0.1, 0.15) is 24.4 Å². The van der Waals surface area contributed by atoms with E-state index in [1.54, 1.807) is 12.1 Å². The van der Waals surface area contributed by atoms with Gasteiger partial charge in [-0.05, 0) is 24.5 Å². The van der Waals surface area contributed by atoms with Gasteiger partial charge in [-0.3, -0.25) is 10.1 Å². The summed E-state index contributed by atoms with van der Waals surface area (Å²) in [4.78, 5) is 10.2. The fourth-order valence-electron chi connectivity index (χ4n) is 1.36. The normalized spacial score (nSPS) is 11.4. The molecule has 0 heterocycles. The molecule has 0 unspecified atom stereocenters. The second-order valence-electron chi connectivity index (χ2n) is 3.44. The highest BCUT2D eigenvalue weighted by Crippen LogP contribution is 2.28. The van der Waals surface area contributed by atoms with Crippen molar-refractivity contribution in [3.05, 3.63) is 51.6 Å². The van der Waals surface area contributed by atoms with Gasteiger partial charge in [0.05, 0.1) is 4.92 Å². The van der Waals surface area contributed by atoms with Crippen LogP contribution >= 0.6 is 24.0 Å². The number of halogens is 2. The highest BCUT2D eigenvalue weighted by atomic mass is 35.5. The zero-order chi connectivity index (χ0) is 12.1. The number of nitrogens with two attached hydrogens (primary N) is 1. The lowest BCUT2D eigenvalue weighted by Crippen LogP contribution is -2.10. The summed E-state index contributed by atoms with van der Waals surface area (Å²) in [6, 6.07) is 4.41. The van der Waals surface area contributed by atoms with Crippen molar-refractivity contribution in [1.29, 1.82) is 0 Å². The van der Waals surface area contributed by atoms with Crippen LogP contribution in [-0.4, -0.2) is 4.92 Å². The van der Waals surface area contributed by atoms with Crippen molar-refractivity contribution in [3.8, 4) is 0 Å². The first kappa shape index (κ1) is 15.9. The van der Waals surface area contributed by atoms with Crippen LogP contribution in [0.2, 0.25) is 5.02 Å². The summed E-state index contributed by atoms with van der Waals surface area (Å²) >= 11 is 5.70. The van der Waals surface area contributed by atoms with Crippen molar-refractivity contribution in [1.82, 2.24) is 0 Å². The van der Waals surface area contributed by atoms with Gasteiger partial charge in [0, 0.05) is 12.1 Å². The smallest absolute Gasteiger partial charge is 0.288 e. The Morgan fingerprint density at radius 2 is 2.24 bits per heavy atom. The zero-order valence-electron chi connectivity index (χ0n) is 9.14. The van der Waals surface area contributed by atoms with Crippen molar-refractivity contribution >= 4 is 29.7 Å². The average molecular weight is 277 g/mol. The Balaban J connectivity index is 0.00000256. The summed E-state index contributed by atoms with van der Waals surface area (Å²) in [5.74, 6) is 0. The van der Waals surface area contributed by atoms with Gasteiger partial charge < -0.3 is 5.73 Å². The van der Waals surface area contributed by atoms with E-state index >= 15 is 0 Å². The summed E-state index contributed by atoms with van der Waals surface area (Å²) in [5, 5.41) is 10.8. The van der Waals surface area contributed by atoms with E-state index in [2.05, 4.69) is 6.58 Å². The van der Waals surface area contributed by atoms with Crippen molar-refractivity contribution in [3.63, 3.8) is 0 Å². The van der Waals surface area contributed by atoms with Crippen molar-refractivity contribution in [2.75, 3.05) is 0 Å². The topological polar surface area (TPSA) is 69.2 Å². The molecule has 0 bridgehead atoms. The van der Waals surface area contributed by atoms with E-state index in [9.17, 15) is 10.1 Å². The molecule has 1 atom stereocenters.